The third kappa shape index (κ3) is 10.0. The highest BCUT2D eigenvalue weighted by atomic mass is 16.5. The standard InChI is InChI=1S/C50H78O2/c1-10-11-12-13-14-15-16-17-18-19-20-21-22-23-24-25-26-27-47(51)52-46-34-35-48(7)43(41(46)6)30-31-45-44(48)33-37-49(8)42(32-36-50(45,49)9)40(5)29-28-39(4)38(2)3/h11-12,14-15,17-18,20-21,23-24,38,40-43,46H,4,10,13,16,19,22,25-37H2,1-3,5-9H3/b12-11-,15-14-,18-17-,21-20-,24-23-/t40-,41+,42-,43?,46+,48+,49-,50+/m1/s1. The van der Waals surface area contributed by atoms with Crippen LogP contribution in [0.3, 0.4) is 0 Å². The quantitative estimate of drug-likeness (QED) is 0.0758. The molecule has 0 N–H and O–H groups in total. The molecule has 0 radical (unpaired) electrons. The second-order valence-electron chi connectivity index (χ2n) is 18.3. The van der Waals surface area contributed by atoms with E-state index in [-0.39, 0.29) is 17.5 Å². The summed E-state index contributed by atoms with van der Waals surface area (Å²) in [6, 6.07) is 0. The number of carbonyl (C=O) groups excluding carboxylic acids is 1. The summed E-state index contributed by atoms with van der Waals surface area (Å²) in [7, 11) is 0. The maximum absolute atomic E-state index is 13.0. The number of allylic oxidation sites excluding steroid dienone is 13. The van der Waals surface area contributed by atoms with Gasteiger partial charge in [-0.05, 0) is 155 Å². The molecular weight excluding hydrogens is 633 g/mol. The van der Waals surface area contributed by atoms with Crippen molar-refractivity contribution in [2.24, 2.45) is 45.8 Å². The first-order chi connectivity index (χ1) is 24.9. The van der Waals surface area contributed by atoms with Crippen LogP contribution >= 0.6 is 0 Å². The van der Waals surface area contributed by atoms with Crippen molar-refractivity contribution in [3.05, 3.63) is 84.1 Å². The van der Waals surface area contributed by atoms with E-state index in [4.69, 9.17) is 4.74 Å². The average molecular weight is 711 g/mol. The number of fused-ring (bicyclic) bond motifs is 4. The first kappa shape index (κ1) is 42.4. The van der Waals surface area contributed by atoms with Crippen LogP contribution in [-0.2, 0) is 9.53 Å². The van der Waals surface area contributed by atoms with E-state index in [0.717, 1.165) is 63.2 Å². The molecule has 0 bridgehead atoms. The number of carbonyl (C=O) groups is 1. The molecular formula is C50H78O2. The molecule has 8 atom stereocenters. The van der Waals surface area contributed by atoms with Crippen molar-refractivity contribution in [1.29, 1.82) is 0 Å². The summed E-state index contributed by atoms with van der Waals surface area (Å²) in [6.45, 7) is 24.0. The van der Waals surface area contributed by atoms with Crippen molar-refractivity contribution in [2.75, 3.05) is 0 Å². The Balaban J connectivity index is 1.20. The maximum Gasteiger partial charge on any atom is 0.306 e. The fourth-order valence-electron chi connectivity index (χ4n) is 11.3. The van der Waals surface area contributed by atoms with Gasteiger partial charge in [0.05, 0.1) is 0 Å². The Bertz CT molecular complexity index is 1350. The van der Waals surface area contributed by atoms with E-state index < -0.39 is 0 Å². The van der Waals surface area contributed by atoms with Crippen LogP contribution in [0.25, 0.3) is 0 Å². The van der Waals surface area contributed by atoms with E-state index in [1.165, 1.54) is 63.4 Å². The minimum Gasteiger partial charge on any atom is -0.462 e. The van der Waals surface area contributed by atoms with Gasteiger partial charge in [-0.3, -0.25) is 4.79 Å². The Labute approximate surface area is 321 Å². The van der Waals surface area contributed by atoms with Crippen molar-refractivity contribution < 1.29 is 9.53 Å². The first-order valence-electron chi connectivity index (χ1n) is 21.7. The highest BCUT2D eigenvalue weighted by molar-refractivity contribution is 5.69. The van der Waals surface area contributed by atoms with Gasteiger partial charge in [-0.2, -0.15) is 0 Å². The maximum atomic E-state index is 13.0. The summed E-state index contributed by atoms with van der Waals surface area (Å²) in [4.78, 5) is 13.0. The molecule has 2 heteroatoms. The molecule has 0 aliphatic heterocycles. The Kier molecular flexibility index (Phi) is 16.2. The van der Waals surface area contributed by atoms with Crippen LogP contribution in [0.4, 0.5) is 0 Å². The van der Waals surface area contributed by atoms with Crippen LogP contribution < -0.4 is 0 Å². The normalized spacial score (nSPS) is 32.8. The fourth-order valence-corrected chi connectivity index (χ4v) is 11.3. The Morgan fingerprint density at radius 3 is 2.02 bits per heavy atom. The van der Waals surface area contributed by atoms with Gasteiger partial charge in [0.15, 0.2) is 0 Å². The number of esters is 1. The zero-order valence-corrected chi connectivity index (χ0v) is 35.0. The minimum atomic E-state index is 0.00699. The predicted molar refractivity (Wildman–Crippen MR) is 225 cm³/mol. The molecule has 0 aromatic heterocycles. The topological polar surface area (TPSA) is 26.3 Å². The molecule has 4 rings (SSSR count). The van der Waals surface area contributed by atoms with Gasteiger partial charge in [0, 0.05) is 6.42 Å². The highest BCUT2D eigenvalue weighted by Gasteiger charge is 2.62. The van der Waals surface area contributed by atoms with Crippen LogP contribution in [0.1, 0.15) is 171 Å². The van der Waals surface area contributed by atoms with E-state index in [2.05, 4.69) is 123 Å². The number of unbranched alkanes of at least 4 members (excludes halogenated alkanes) is 1. The second kappa shape index (κ2) is 19.8. The van der Waals surface area contributed by atoms with Crippen LogP contribution in [0, 0.1) is 45.8 Å². The number of ether oxygens (including phenoxy) is 1. The number of hydrogen-bond donors (Lipinski definition) is 0. The molecule has 2 nitrogen and oxygen atoms in total. The molecule has 0 amide bonds. The summed E-state index contributed by atoms with van der Waals surface area (Å²) in [5.74, 6) is 3.21. The Morgan fingerprint density at radius 2 is 1.40 bits per heavy atom. The summed E-state index contributed by atoms with van der Waals surface area (Å²) in [6.07, 6.45) is 42.3. The lowest BCUT2D eigenvalue weighted by molar-refractivity contribution is -0.158. The SMILES string of the molecule is C=C(CC[C@@H](C)[C@H]1CC[C@@]2(C)C3=C(CC[C@]12C)[C@@]1(C)CC[C@H](OC(=O)CCC/C=C\C/C=C\C/C=C\C/C=C\C/C=C\CC)[C@@H](C)C1CC3)C(C)C. The molecule has 2 fully saturated rings. The number of hydrogen-bond acceptors (Lipinski definition) is 2. The van der Waals surface area contributed by atoms with Crippen LogP contribution in [0.15, 0.2) is 84.1 Å². The first-order valence-corrected chi connectivity index (χ1v) is 21.7. The molecule has 4 aliphatic rings. The summed E-state index contributed by atoms with van der Waals surface area (Å²) >= 11 is 0. The summed E-state index contributed by atoms with van der Waals surface area (Å²) in [5.41, 5.74) is 6.11. The Hall–Kier alpha value is -2.35. The van der Waals surface area contributed by atoms with Gasteiger partial charge >= 0.3 is 5.97 Å². The molecule has 0 saturated heterocycles. The molecule has 2 saturated carbocycles. The van der Waals surface area contributed by atoms with E-state index in [1.807, 2.05) is 11.1 Å². The van der Waals surface area contributed by atoms with E-state index in [1.54, 1.807) is 0 Å². The van der Waals surface area contributed by atoms with Crippen LogP contribution in [0.5, 0.6) is 0 Å². The van der Waals surface area contributed by atoms with Crippen molar-refractivity contribution in [1.82, 2.24) is 0 Å². The molecule has 290 valence electrons. The summed E-state index contributed by atoms with van der Waals surface area (Å²) < 4.78 is 6.25. The molecule has 0 aromatic rings. The third-order valence-corrected chi connectivity index (χ3v) is 15.0. The molecule has 0 aromatic carbocycles. The van der Waals surface area contributed by atoms with E-state index in [9.17, 15) is 4.79 Å². The van der Waals surface area contributed by atoms with E-state index in [0.29, 0.717) is 35.0 Å². The van der Waals surface area contributed by atoms with Gasteiger partial charge in [0.25, 0.3) is 0 Å². The fraction of sp³-hybridized carbons (Fsp3) is 0.700. The van der Waals surface area contributed by atoms with Crippen molar-refractivity contribution in [3.63, 3.8) is 0 Å². The van der Waals surface area contributed by atoms with Crippen molar-refractivity contribution in [3.8, 4) is 0 Å². The predicted octanol–water partition coefficient (Wildman–Crippen LogP) is 14.8. The third-order valence-electron chi connectivity index (χ3n) is 15.0. The van der Waals surface area contributed by atoms with Gasteiger partial charge in [-0.25, -0.2) is 0 Å². The van der Waals surface area contributed by atoms with Gasteiger partial charge in [0.2, 0.25) is 0 Å². The average Bonchev–Trinajstić information content (AvgIpc) is 3.40. The Morgan fingerprint density at radius 1 is 0.788 bits per heavy atom. The van der Waals surface area contributed by atoms with Crippen molar-refractivity contribution >= 4 is 5.97 Å². The highest BCUT2D eigenvalue weighted by Crippen LogP contribution is 2.71. The molecule has 0 spiro atoms. The largest absolute Gasteiger partial charge is 0.462 e. The lowest BCUT2D eigenvalue weighted by Crippen LogP contribution is -2.52. The van der Waals surface area contributed by atoms with Crippen LogP contribution in [0.2, 0.25) is 0 Å². The molecule has 4 aliphatic carbocycles. The van der Waals surface area contributed by atoms with Gasteiger partial charge in [0.1, 0.15) is 6.10 Å². The zero-order valence-electron chi connectivity index (χ0n) is 35.0. The van der Waals surface area contributed by atoms with Gasteiger partial charge < -0.3 is 4.74 Å². The smallest absolute Gasteiger partial charge is 0.306 e. The van der Waals surface area contributed by atoms with Gasteiger partial charge in [-0.15, -0.1) is 0 Å². The number of rotatable bonds is 19. The minimum absolute atomic E-state index is 0.00699. The summed E-state index contributed by atoms with van der Waals surface area (Å²) in [5, 5.41) is 0. The van der Waals surface area contributed by atoms with Crippen molar-refractivity contribution in [2.45, 2.75) is 177 Å². The van der Waals surface area contributed by atoms with E-state index >= 15 is 0 Å². The van der Waals surface area contributed by atoms with Gasteiger partial charge in [-0.1, -0.05) is 139 Å². The lowest BCUT2D eigenvalue weighted by atomic mass is 9.45. The molecule has 1 unspecified atom stereocenters. The molecule has 52 heavy (non-hydrogen) atoms. The molecule has 0 heterocycles. The monoisotopic (exact) mass is 711 g/mol. The zero-order chi connectivity index (χ0) is 37.8. The lowest BCUT2D eigenvalue weighted by Gasteiger charge is -2.60. The second-order valence-corrected chi connectivity index (χ2v) is 18.3. The van der Waals surface area contributed by atoms with Crippen LogP contribution in [-0.4, -0.2) is 12.1 Å².